The summed E-state index contributed by atoms with van der Waals surface area (Å²) >= 11 is 0. The minimum absolute atomic E-state index is 0.126. The van der Waals surface area contributed by atoms with Gasteiger partial charge >= 0.3 is 12.1 Å². The third-order valence-corrected chi connectivity index (χ3v) is 5.73. The summed E-state index contributed by atoms with van der Waals surface area (Å²) in [5.41, 5.74) is -0.336. The van der Waals surface area contributed by atoms with E-state index in [-0.39, 0.29) is 29.6 Å². The van der Waals surface area contributed by atoms with Crippen molar-refractivity contribution in [2.24, 2.45) is 0 Å². The molecule has 0 aliphatic carbocycles. The molecule has 0 fully saturated rings. The highest BCUT2D eigenvalue weighted by atomic mass is 19.4. The van der Waals surface area contributed by atoms with Crippen molar-refractivity contribution in [3.8, 4) is 11.8 Å². The molecule has 3 aromatic rings. The summed E-state index contributed by atoms with van der Waals surface area (Å²) in [5.74, 6) is -1.49. The molecule has 0 aliphatic heterocycles. The SMILES string of the molecule is CCC(C)n1c(CCOc2ccnc(C#N)c2)ccc1C(=O)Nc1cc(CC(=O)O)ccc1C(F)(F)F. The van der Waals surface area contributed by atoms with Crippen molar-refractivity contribution in [1.82, 2.24) is 9.55 Å². The third-order valence-electron chi connectivity index (χ3n) is 5.73. The van der Waals surface area contributed by atoms with E-state index < -0.39 is 35.7 Å². The van der Waals surface area contributed by atoms with Crippen molar-refractivity contribution in [2.75, 3.05) is 11.9 Å². The van der Waals surface area contributed by atoms with Crippen molar-refractivity contribution in [2.45, 2.75) is 45.3 Å². The number of carbonyl (C=O) groups is 2. The third kappa shape index (κ3) is 6.88. The molecule has 37 heavy (non-hydrogen) atoms. The van der Waals surface area contributed by atoms with Gasteiger partial charge in [0.2, 0.25) is 0 Å². The zero-order valence-corrected chi connectivity index (χ0v) is 20.2. The van der Waals surface area contributed by atoms with E-state index in [1.54, 1.807) is 16.7 Å². The first-order valence-electron chi connectivity index (χ1n) is 11.5. The van der Waals surface area contributed by atoms with Gasteiger partial charge in [0.05, 0.1) is 24.3 Å². The number of amides is 1. The maximum Gasteiger partial charge on any atom is 0.418 e. The number of hydrogen-bond acceptors (Lipinski definition) is 5. The van der Waals surface area contributed by atoms with E-state index in [1.165, 1.54) is 18.3 Å². The minimum atomic E-state index is -4.75. The molecule has 2 aromatic heterocycles. The van der Waals surface area contributed by atoms with Gasteiger partial charge in [0.15, 0.2) is 0 Å². The average Bonchev–Trinajstić information content (AvgIpc) is 3.26. The smallest absolute Gasteiger partial charge is 0.418 e. The second-order valence-electron chi connectivity index (χ2n) is 8.33. The monoisotopic (exact) mass is 514 g/mol. The van der Waals surface area contributed by atoms with Gasteiger partial charge in [-0.1, -0.05) is 13.0 Å². The molecule has 2 heterocycles. The van der Waals surface area contributed by atoms with E-state index in [0.29, 0.717) is 18.6 Å². The zero-order chi connectivity index (χ0) is 27.2. The minimum Gasteiger partial charge on any atom is -0.493 e. The normalized spacial score (nSPS) is 12.0. The van der Waals surface area contributed by atoms with Crippen LogP contribution in [0, 0.1) is 11.3 Å². The van der Waals surface area contributed by atoms with Crippen LogP contribution >= 0.6 is 0 Å². The molecule has 8 nitrogen and oxygen atoms in total. The Morgan fingerprint density at radius 1 is 1.22 bits per heavy atom. The highest BCUT2D eigenvalue weighted by molar-refractivity contribution is 6.04. The number of nitriles is 1. The maximum absolute atomic E-state index is 13.6. The van der Waals surface area contributed by atoms with Crippen LogP contribution in [-0.4, -0.2) is 33.1 Å². The number of nitrogens with one attached hydrogen (secondary N) is 1. The lowest BCUT2D eigenvalue weighted by atomic mass is 10.1. The summed E-state index contributed by atoms with van der Waals surface area (Å²) in [6, 6.07) is 11.0. The number of halogens is 3. The number of benzene rings is 1. The molecule has 1 atom stereocenters. The van der Waals surface area contributed by atoms with Gasteiger partial charge in [-0.3, -0.25) is 9.59 Å². The summed E-state index contributed by atoms with van der Waals surface area (Å²) in [6.45, 7) is 4.04. The average molecular weight is 515 g/mol. The van der Waals surface area contributed by atoms with E-state index in [0.717, 1.165) is 23.9 Å². The summed E-state index contributed by atoms with van der Waals surface area (Å²) in [4.78, 5) is 28.1. The molecule has 2 N–H and O–H groups in total. The van der Waals surface area contributed by atoms with Gasteiger partial charge in [-0.05, 0) is 49.2 Å². The molecular formula is C26H25F3N4O4. The fourth-order valence-electron chi connectivity index (χ4n) is 3.83. The number of carboxylic acid groups (broad SMARTS) is 1. The number of carboxylic acids is 1. The highest BCUT2D eigenvalue weighted by Gasteiger charge is 2.34. The van der Waals surface area contributed by atoms with Gasteiger partial charge in [-0.2, -0.15) is 18.4 Å². The van der Waals surface area contributed by atoms with E-state index in [9.17, 15) is 22.8 Å². The van der Waals surface area contributed by atoms with Crippen molar-refractivity contribution >= 4 is 17.6 Å². The molecule has 0 spiro atoms. The molecule has 3 rings (SSSR count). The van der Waals surface area contributed by atoms with Gasteiger partial charge in [-0.25, -0.2) is 4.98 Å². The lowest BCUT2D eigenvalue weighted by molar-refractivity contribution is -0.137. The number of pyridine rings is 1. The van der Waals surface area contributed by atoms with E-state index in [4.69, 9.17) is 15.1 Å². The molecule has 0 bridgehead atoms. The second-order valence-corrected chi connectivity index (χ2v) is 8.33. The molecule has 0 saturated heterocycles. The number of rotatable bonds is 10. The second kappa shape index (κ2) is 11.6. The number of aliphatic carboxylic acids is 1. The number of nitrogens with zero attached hydrogens (tertiary/aromatic N) is 3. The maximum atomic E-state index is 13.6. The van der Waals surface area contributed by atoms with Crippen LogP contribution in [0.3, 0.4) is 0 Å². The molecule has 1 unspecified atom stereocenters. The van der Waals surface area contributed by atoms with Crippen molar-refractivity contribution in [3.05, 3.63) is 76.9 Å². The molecule has 1 aromatic carbocycles. The van der Waals surface area contributed by atoms with E-state index in [1.807, 2.05) is 19.9 Å². The Morgan fingerprint density at radius 2 is 1.97 bits per heavy atom. The quantitative estimate of drug-likeness (QED) is 0.382. The zero-order valence-electron chi connectivity index (χ0n) is 20.2. The Hall–Kier alpha value is -4.33. The van der Waals surface area contributed by atoms with Crippen LogP contribution in [0.1, 0.15) is 59.3 Å². The molecule has 194 valence electrons. The molecule has 11 heteroatoms. The van der Waals surface area contributed by atoms with Crippen molar-refractivity contribution < 1.29 is 32.6 Å². The lowest BCUT2D eigenvalue weighted by Gasteiger charge is -2.20. The predicted octanol–water partition coefficient (Wildman–Crippen LogP) is 5.25. The number of ether oxygens (including phenoxy) is 1. The summed E-state index contributed by atoms with van der Waals surface area (Å²) in [6.07, 6.45) is -2.73. The van der Waals surface area contributed by atoms with Crippen molar-refractivity contribution in [3.63, 3.8) is 0 Å². The van der Waals surface area contributed by atoms with Crippen LogP contribution in [-0.2, 0) is 23.8 Å². The Labute approximate surface area is 211 Å². The van der Waals surface area contributed by atoms with Crippen LogP contribution in [0.15, 0.2) is 48.7 Å². The van der Waals surface area contributed by atoms with Crippen LogP contribution in [0.5, 0.6) is 5.75 Å². The number of aromatic nitrogens is 2. The van der Waals surface area contributed by atoms with Crippen molar-refractivity contribution in [1.29, 1.82) is 5.26 Å². The highest BCUT2D eigenvalue weighted by Crippen LogP contribution is 2.36. The molecule has 0 saturated carbocycles. The van der Waals surface area contributed by atoms with Crippen LogP contribution in [0.25, 0.3) is 0 Å². The number of carbonyl (C=O) groups excluding carboxylic acids is 1. The Morgan fingerprint density at radius 3 is 2.62 bits per heavy atom. The Balaban J connectivity index is 1.85. The first kappa shape index (κ1) is 27.3. The topological polar surface area (TPSA) is 117 Å². The van der Waals surface area contributed by atoms with E-state index in [2.05, 4.69) is 10.3 Å². The van der Waals surface area contributed by atoms with Crippen LogP contribution in [0.4, 0.5) is 18.9 Å². The Bertz CT molecular complexity index is 1330. The fraction of sp³-hybridized carbons (Fsp3) is 0.308. The predicted molar refractivity (Wildman–Crippen MR) is 128 cm³/mol. The number of anilines is 1. The molecule has 0 radical (unpaired) electrons. The summed E-state index contributed by atoms with van der Waals surface area (Å²) in [5, 5.41) is 20.3. The lowest BCUT2D eigenvalue weighted by Crippen LogP contribution is -2.22. The van der Waals surface area contributed by atoms with E-state index >= 15 is 0 Å². The number of alkyl halides is 3. The Kier molecular flexibility index (Phi) is 8.55. The fourth-order valence-corrected chi connectivity index (χ4v) is 3.83. The summed E-state index contributed by atoms with van der Waals surface area (Å²) in [7, 11) is 0. The first-order chi connectivity index (χ1) is 17.5. The van der Waals surface area contributed by atoms with Gasteiger partial charge in [-0.15, -0.1) is 0 Å². The number of hydrogen-bond donors (Lipinski definition) is 2. The van der Waals surface area contributed by atoms with Gasteiger partial charge in [0.25, 0.3) is 5.91 Å². The van der Waals surface area contributed by atoms with Crippen LogP contribution in [0.2, 0.25) is 0 Å². The molecule has 0 aliphatic rings. The first-order valence-corrected chi connectivity index (χ1v) is 11.5. The molecular weight excluding hydrogens is 489 g/mol. The summed E-state index contributed by atoms with van der Waals surface area (Å²) < 4.78 is 48.2. The standard InChI is InChI=1S/C26H25F3N4O4/c1-3-16(2)33-19(9-11-37-20-8-10-31-18(14-20)15-30)5-7-23(33)25(36)32-22-12-17(13-24(34)35)4-6-21(22)26(27,28)29/h4-8,10,12,14,16H,3,9,11,13H2,1-2H3,(H,32,36)(H,34,35). The molecule has 1 amide bonds. The van der Waals surface area contributed by atoms with Gasteiger partial charge < -0.3 is 19.7 Å². The van der Waals surface area contributed by atoms with Gasteiger partial charge in [0.1, 0.15) is 23.2 Å². The van der Waals surface area contributed by atoms with Gasteiger partial charge in [0, 0.05) is 30.4 Å². The largest absolute Gasteiger partial charge is 0.493 e. The van der Waals surface area contributed by atoms with Crippen LogP contribution < -0.4 is 10.1 Å².